The first-order valence-corrected chi connectivity index (χ1v) is 4.79. The van der Waals surface area contributed by atoms with Crippen molar-refractivity contribution in [3.8, 4) is 0 Å². The van der Waals surface area contributed by atoms with E-state index in [2.05, 4.69) is 4.98 Å². The largest absolute Gasteiger partial charge is 0.462 e. The molecule has 0 atom stereocenters. The predicted octanol–water partition coefficient (Wildman–Crippen LogP) is 0.773. The molecular formula is C10H10N2O4. The molecule has 2 aromatic heterocycles. The maximum atomic E-state index is 11.8. The van der Waals surface area contributed by atoms with Crippen LogP contribution in [0.15, 0.2) is 21.6 Å². The molecule has 0 saturated carbocycles. The number of nitrogens with zero attached hydrogens (tertiary/aromatic N) is 2. The van der Waals surface area contributed by atoms with E-state index in [1.54, 1.807) is 19.9 Å². The van der Waals surface area contributed by atoms with Gasteiger partial charge in [-0.3, -0.25) is 4.79 Å². The minimum absolute atomic E-state index is 0.131. The van der Waals surface area contributed by atoms with E-state index in [1.807, 2.05) is 0 Å². The summed E-state index contributed by atoms with van der Waals surface area (Å²) in [5.74, 6) is -0.144. The van der Waals surface area contributed by atoms with E-state index in [1.165, 1.54) is 6.20 Å². The molecular weight excluding hydrogens is 212 g/mol. The quantitative estimate of drug-likeness (QED) is 0.702. The number of aromatic nitrogens is 2. The molecule has 2 rings (SSSR count). The molecule has 6 nitrogen and oxygen atoms in total. The van der Waals surface area contributed by atoms with E-state index in [9.17, 15) is 9.59 Å². The van der Waals surface area contributed by atoms with Crippen molar-refractivity contribution in [1.82, 2.24) is 9.56 Å². The van der Waals surface area contributed by atoms with E-state index < -0.39 is 11.5 Å². The average molecular weight is 222 g/mol. The van der Waals surface area contributed by atoms with Gasteiger partial charge in [0, 0.05) is 12.3 Å². The van der Waals surface area contributed by atoms with Crippen LogP contribution >= 0.6 is 0 Å². The zero-order chi connectivity index (χ0) is 11.7. The van der Waals surface area contributed by atoms with Crippen LogP contribution in [0.25, 0.3) is 5.65 Å². The highest BCUT2D eigenvalue weighted by Gasteiger charge is 2.15. The third-order valence-electron chi connectivity index (χ3n) is 2.01. The molecule has 0 aliphatic heterocycles. The number of ether oxygens (including phenoxy) is 1. The normalized spacial score (nSPS) is 10.6. The lowest BCUT2D eigenvalue weighted by Gasteiger charge is -1.99. The molecule has 0 aromatic carbocycles. The number of hydrogen-bond acceptors (Lipinski definition) is 5. The molecule has 84 valence electrons. The van der Waals surface area contributed by atoms with Gasteiger partial charge in [0.15, 0.2) is 5.65 Å². The summed E-state index contributed by atoms with van der Waals surface area (Å²) >= 11 is 0. The van der Waals surface area contributed by atoms with Crippen LogP contribution in [0.2, 0.25) is 0 Å². The molecule has 0 amide bonds. The van der Waals surface area contributed by atoms with Gasteiger partial charge in [0.25, 0.3) is 0 Å². The second-order valence-electron chi connectivity index (χ2n) is 3.20. The molecule has 0 fully saturated rings. The number of rotatable bonds is 2. The summed E-state index contributed by atoms with van der Waals surface area (Å²) in [6, 6.07) is 1.61. The molecule has 6 heteroatoms. The number of hydrogen-bond donors (Lipinski definition) is 0. The lowest BCUT2D eigenvalue weighted by Crippen LogP contribution is -2.23. The van der Waals surface area contributed by atoms with Crippen molar-refractivity contribution >= 4 is 11.6 Å². The number of esters is 1. The molecule has 16 heavy (non-hydrogen) atoms. The highest BCUT2D eigenvalue weighted by Crippen LogP contribution is 2.04. The van der Waals surface area contributed by atoms with Crippen LogP contribution in [-0.2, 0) is 4.74 Å². The van der Waals surface area contributed by atoms with Crippen molar-refractivity contribution < 1.29 is 14.1 Å². The van der Waals surface area contributed by atoms with Crippen LogP contribution in [0.3, 0.4) is 0 Å². The zero-order valence-corrected chi connectivity index (χ0v) is 8.89. The number of aryl methyl sites for hydroxylation is 1. The fourth-order valence-electron chi connectivity index (χ4n) is 1.34. The first-order valence-electron chi connectivity index (χ1n) is 4.79. The Morgan fingerprint density at radius 3 is 3.06 bits per heavy atom. The van der Waals surface area contributed by atoms with Gasteiger partial charge in [0.2, 0.25) is 0 Å². The Balaban J connectivity index is 2.60. The maximum absolute atomic E-state index is 11.8. The van der Waals surface area contributed by atoms with Gasteiger partial charge in [-0.05, 0) is 13.8 Å². The van der Waals surface area contributed by atoms with Crippen molar-refractivity contribution in [3.05, 3.63) is 33.9 Å². The monoisotopic (exact) mass is 222 g/mol. The lowest BCUT2D eigenvalue weighted by atomic mass is 10.3. The zero-order valence-electron chi connectivity index (χ0n) is 8.89. The molecule has 0 radical (unpaired) electrons. The van der Waals surface area contributed by atoms with E-state index in [-0.39, 0.29) is 12.2 Å². The smallest absolute Gasteiger partial charge is 0.345 e. The molecule has 0 N–H and O–H groups in total. The second-order valence-corrected chi connectivity index (χ2v) is 3.20. The molecule has 2 heterocycles. The van der Waals surface area contributed by atoms with Gasteiger partial charge in [0.05, 0.1) is 6.61 Å². The number of fused-ring (bicyclic) bond motifs is 1. The van der Waals surface area contributed by atoms with E-state index in [0.717, 1.165) is 4.57 Å². The summed E-state index contributed by atoms with van der Waals surface area (Å²) in [7, 11) is 0. The van der Waals surface area contributed by atoms with Crippen molar-refractivity contribution in [2.45, 2.75) is 13.8 Å². The molecule has 0 unspecified atom stereocenters. The van der Waals surface area contributed by atoms with Crippen LogP contribution < -0.4 is 5.56 Å². The van der Waals surface area contributed by atoms with Crippen molar-refractivity contribution in [3.63, 3.8) is 0 Å². The highest BCUT2D eigenvalue weighted by atomic mass is 16.5. The van der Waals surface area contributed by atoms with Crippen LogP contribution in [0.4, 0.5) is 0 Å². The molecule has 2 aromatic rings. The van der Waals surface area contributed by atoms with Crippen LogP contribution in [-0.4, -0.2) is 22.1 Å². The summed E-state index contributed by atoms with van der Waals surface area (Å²) in [5, 5.41) is 0. The average Bonchev–Trinajstić information content (AvgIpc) is 2.60. The lowest BCUT2D eigenvalue weighted by molar-refractivity contribution is 0.0522. The Labute approximate surface area is 90.4 Å². The Morgan fingerprint density at radius 1 is 1.62 bits per heavy atom. The number of carbonyl (C=O) groups excluding carboxylic acids is 1. The van der Waals surface area contributed by atoms with E-state index >= 15 is 0 Å². The third-order valence-corrected chi connectivity index (χ3v) is 2.01. The second kappa shape index (κ2) is 3.80. The Bertz CT molecular complexity index is 596. The summed E-state index contributed by atoms with van der Waals surface area (Å²) in [5.41, 5.74) is -0.319. The first kappa shape index (κ1) is 10.4. The van der Waals surface area contributed by atoms with Crippen molar-refractivity contribution in [1.29, 1.82) is 0 Å². The van der Waals surface area contributed by atoms with Crippen LogP contribution in [0.1, 0.15) is 23.0 Å². The minimum Gasteiger partial charge on any atom is -0.462 e. The molecule has 0 saturated heterocycles. The Hall–Kier alpha value is -2.11. The van der Waals surface area contributed by atoms with Gasteiger partial charge in [-0.15, -0.1) is 4.57 Å². The minimum atomic E-state index is -0.691. The summed E-state index contributed by atoms with van der Waals surface area (Å²) in [6.45, 7) is 3.56. The van der Waals surface area contributed by atoms with Crippen LogP contribution in [0.5, 0.6) is 0 Å². The highest BCUT2D eigenvalue weighted by molar-refractivity contribution is 5.88. The summed E-state index contributed by atoms with van der Waals surface area (Å²) in [6.07, 6.45) is 1.20. The maximum Gasteiger partial charge on any atom is 0.345 e. The Kier molecular flexibility index (Phi) is 2.47. The van der Waals surface area contributed by atoms with Gasteiger partial charge < -0.3 is 9.26 Å². The molecule has 0 aliphatic carbocycles. The van der Waals surface area contributed by atoms with E-state index in [0.29, 0.717) is 11.4 Å². The van der Waals surface area contributed by atoms with Gasteiger partial charge in [-0.25, -0.2) is 9.78 Å². The van der Waals surface area contributed by atoms with Crippen LogP contribution in [0, 0.1) is 6.92 Å². The predicted molar refractivity (Wildman–Crippen MR) is 54.4 cm³/mol. The SMILES string of the molecule is CCOC(=O)c1cnc2cc(C)on2c1=O. The summed E-state index contributed by atoms with van der Waals surface area (Å²) < 4.78 is 10.8. The molecule has 0 aliphatic rings. The first-order chi connectivity index (χ1) is 7.63. The molecule has 0 spiro atoms. The topological polar surface area (TPSA) is 73.8 Å². The molecule has 0 bridgehead atoms. The van der Waals surface area contributed by atoms with Gasteiger partial charge in [-0.1, -0.05) is 0 Å². The third kappa shape index (κ3) is 1.58. The van der Waals surface area contributed by atoms with Gasteiger partial charge in [-0.2, -0.15) is 0 Å². The van der Waals surface area contributed by atoms with Crippen molar-refractivity contribution in [2.75, 3.05) is 6.61 Å². The van der Waals surface area contributed by atoms with Gasteiger partial charge in [0.1, 0.15) is 11.3 Å². The summed E-state index contributed by atoms with van der Waals surface area (Å²) in [4.78, 5) is 27.1. The van der Waals surface area contributed by atoms with Crippen molar-refractivity contribution in [2.24, 2.45) is 0 Å². The Morgan fingerprint density at radius 2 is 2.38 bits per heavy atom. The van der Waals surface area contributed by atoms with E-state index in [4.69, 9.17) is 9.26 Å². The number of carbonyl (C=O) groups is 1. The fraction of sp³-hybridized carbons (Fsp3) is 0.300. The fourth-order valence-corrected chi connectivity index (χ4v) is 1.34. The standard InChI is InChI=1S/C10H10N2O4/c1-3-15-10(14)7-5-11-8-4-6(2)16-12(8)9(7)13/h4-5H,3H2,1-2H3. The van der Waals surface area contributed by atoms with Gasteiger partial charge >= 0.3 is 11.5 Å².